The van der Waals surface area contributed by atoms with E-state index in [1.54, 1.807) is 0 Å². The number of halogens is 1. The van der Waals surface area contributed by atoms with Crippen molar-refractivity contribution < 1.29 is 0 Å². The highest BCUT2D eigenvalue weighted by molar-refractivity contribution is 14.1. The molecule has 0 fully saturated rings. The van der Waals surface area contributed by atoms with Crippen LogP contribution < -0.4 is 0 Å². The zero-order valence-electron chi connectivity index (χ0n) is 9.00. The molecule has 1 heteroatoms. The van der Waals surface area contributed by atoms with Gasteiger partial charge in [0.1, 0.15) is 0 Å². The van der Waals surface area contributed by atoms with E-state index >= 15 is 0 Å². The van der Waals surface area contributed by atoms with Gasteiger partial charge in [-0.25, -0.2) is 0 Å². The lowest BCUT2D eigenvalue weighted by atomic mass is 10.0. The minimum atomic E-state index is 1.32. The lowest BCUT2D eigenvalue weighted by Gasteiger charge is -2.04. The molecule has 0 saturated carbocycles. The van der Waals surface area contributed by atoms with E-state index < -0.39 is 0 Å². The van der Waals surface area contributed by atoms with E-state index in [1.807, 2.05) is 0 Å². The number of hydrogen-bond donors (Lipinski definition) is 0. The molecule has 0 unspecified atom stereocenters. The summed E-state index contributed by atoms with van der Waals surface area (Å²) >= 11 is 2.40. The molecule has 0 aromatic heterocycles. The molecule has 0 spiro atoms. The minimum Gasteiger partial charge on any atom is -0.0606 e. The Kier molecular flexibility index (Phi) is 2.36. The third-order valence-corrected chi connectivity index (χ3v) is 3.88. The molecule has 0 aliphatic rings. The summed E-state index contributed by atoms with van der Waals surface area (Å²) in [6.07, 6.45) is 0. The molecular formula is C15H11I. The minimum absolute atomic E-state index is 1.32. The predicted octanol–water partition coefficient (Wildman–Crippen LogP) is 4.91. The van der Waals surface area contributed by atoms with E-state index in [9.17, 15) is 0 Å². The summed E-state index contributed by atoms with van der Waals surface area (Å²) in [6, 6.07) is 17.6. The predicted molar refractivity (Wildman–Crippen MR) is 78.9 cm³/mol. The molecular weight excluding hydrogens is 307 g/mol. The van der Waals surface area contributed by atoms with Crippen LogP contribution in [-0.2, 0) is 0 Å². The fourth-order valence-electron chi connectivity index (χ4n) is 2.11. The number of fused-ring (bicyclic) bond motifs is 2. The monoisotopic (exact) mass is 318 g/mol. The van der Waals surface area contributed by atoms with Gasteiger partial charge in [-0.05, 0) is 69.3 Å². The quantitative estimate of drug-likeness (QED) is 0.408. The van der Waals surface area contributed by atoms with E-state index in [0.717, 1.165) is 0 Å². The van der Waals surface area contributed by atoms with Crippen molar-refractivity contribution in [2.45, 2.75) is 6.92 Å². The van der Waals surface area contributed by atoms with Gasteiger partial charge in [0, 0.05) is 3.57 Å². The highest BCUT2D eigenvalue weighted by atomic mass is 127. The van der Waals surface area contributed by atoms with Gasteiger partial charge in [0.15, 0.2) is 0 Å². The van der Waals surface area contributed by atoms with Crippen molar-refractivity contribution in [2.75, 3.05) is 0 Å². The Bertz CT molecular complexity index is 683. The largest absolute Gasteiger partial charge is 0.0606 e. The smallest absolute Gasteiger partial charge is 0.0209 e. The van der Waals surface area contributed by atoms with Crippen molar-refractivity contribution in [3.63, 3.8) is 0 Å². The average Bonchev–Trinajstić information content (AvgIpc) is 2.27. The van der Waals surface area contributed by atoms with Crippen molar-refractivity contribution in [3.05, 3.63) is 57.7 Å². The number of aryl methyl sites for hydroxylation is 1. The van der Waals surface area contributed by atoms with E-state index in [4.69, 9.17) is 0 Å². The Labute approximate surface area is 108 Å². The zero-order chi connectivity index (χ0) is 11.1. The van der Waals surface area contributed by atoms with Crippen LogP contribution in [0.15, 0.2) is 48.5 Å². The lowest BCUT2D eigenvalue weighted by Crippen LogP contribution is -1.80. The van der Waals surface area contributed by atoms with Crippen LogP contribution >= 0.6 is 22.6 Å². The summed E-state index contributed by atoms with van der Waals surface area (Å²) in [4.78, 5) is 0. The Morgan fingerprint density at radius 1 is 0.812 bits per heavy atom. The number of benzene rings is 3. The average molecular weight is 318 g/mol. The Balaban J connectivity index is 2.49. The maximum atomic E-state index is 2.40. The van der Waals surface area contributed by atoms with Crippen molar-refractivity contribution in [3.8, 4) is 0 Å². The summed E-state index contributed by atoms with van der Waals surface area (Å²) in [5, 5.41) is 5.32. The first-order chi connectivity index (χ1) is 7.74. The van der Waals surface area contributed by atoms with Crippen molar-refractivity contribution >= 4 is 44.1 Å². The summed E-state index contributed by atoms with van der Waals surface area (Å²) < 4.78 is 1.32. The standard InChI is InChI=1S/C15H11I/c1-10-5-6-11-9-14-12(8-13(11)7-10)3-2-4-15(14)16/h2-9H,1H3. The molecule has 0 amide bonds. The molecule has 0 bridgehead atoms. The van der Waals surface area contributed by atoms with Crippen LogP contribution in [0, 0.1) is 10.5 Å². The molecule has 0 aliphatic heterocycles. The lowest BCUT2D eigenvalue weighted by molar-refractivity contribution is 1.51. The van der Waals surface area contributed by atoms with Gasteiger partial charge in [-0.2, -0.15) is 0 Å². The van der Waals surface area contributed by atoms with Gasteiger partial charge < -0.3 is 0 Å². The third kappa shape index (κ3) is 1.59. The van der Waals surface area contributed by atoms with Gasteiger partial charge >= 0.3 is 0 Å². The van der Waals surface area contributed by atoms with Crippen molar-refractivity contribution in [1.82, 2.24) is 0 Å². The molecule has 3 rings (SSSR count). The van der Waals surface area contributed by atoms with Crippen molar-refractivity contribution in [1.29, 1.82) is 0 Å². The van der Waals surface area contributed by atoms with E-state index in [-0.39, 0.29) is 0 Å². The van der Waals surface area contributed by atoms with Crippen LogP contribution in [0.2, 0.25) is 0 Å². The molecule has 0 aliphatic carbocycles. The Hall–Kier alpha value is -1.09. The molecule has 0 saturated heterocycles. The second-order valence-corrected chi connectivity index (χ2v) is 5.33. The highest BCUT2D eigenvalue weighted by Gasteiger charge is 2.00. The van der Waals surface area contributed by atoms with Crippen LogP contribution in [0.4, 0.5) is 0 Å². The van der Waals surface area contributed by atoms with Gasteiger partial charge in [0.25, 0.3) is 0 Å². The fraction of sp³-hybridized carbons (Fsp3) is 0.0667. The van der Waals surface area contributed by atoms with E-state index in [0.29, 0.717) is 0 Å². The first-order valence-electron chi connectivity index (χ1n) is 5.33. The summed E-state index contributed by atoms with van der Waals surface area (Å²) in [5.74, 6) is 0. The molecule has 0 radical (unpaired) electrons. The normalized spacial score (nSPS) is 11.1. The maximum Gasteiger partial charge on any atom is 0.0209 e. The number of rotatable bonds is 0. The van der Waals surface area contributed by atoms with Gasteiger partial charge in [-0.1, -0.05) is 35.9 Å². The first kappa shape index (κ1) is 10.1. The highest BCUT2D eigenvalue weighted by Crippen LogP contribution is 2.26. The molecule has 78 valence electrons. The summed E-state index contributed by atoms with van der Waals surface area (Å²) in [5.41, 5.74) is 1.32. The van der Waals surface area contributed by atoms with E-state index in [2.05, 4.69) is 78.0 Å². The fourth-order valence-corrected chi connectivity index (χ4v) is 2.78. The molecule has 16 heavy (non-hydrogen) atoms. The van der Waals surface area contributed by atoms with Crippen LogP contribution in [0.1, 0.15) is 5.56 Å². The van der Waals surface area contributed by atoms with Crippen LogP contribution in [0.5, 0.6) is 0 Å². The van der Waals surface area contributed by atoms with Gasteiger partial charge in [-0.15, -0.1) is 0 Å². The zero-order valence-corrected chi connectivity index (χ0v) is 11.2. The van der Waals surface area contributed by atoms with Gasteiger partial charge in [0.05, 0.1) is 0 Å². The summed E-state index contributed by atoms with van der Waals surface area (Å²) in [6.45, 7) is 2.14. The second-order valence-electron chi connectivity index (χ2n) is 4.16. The first-order valence-corrected chi connectivity index (χ1v) is 6.40. The van der Waals surface area contributed by atoms with Crippen molar-refractivity contribution in [2.24, 2.45) is 0 Å². The SMILES string of the molecule is Cc1ccc2cc3c(I)cccc3cc2c1. The van der Waals surface area contributed by atoms with Gasteiger partial charge in [0.2, 0.25) is 0 Å². The topological polar surface area (TPSA) is 0 Å². The molecule has 3 aromatic carbocycles. The molecule has 0 N–H and O–H groups in total. The maximum absolute atomic E-state index is 2.40. The molecule has 0 atom stereocenters. The summed E-state index contributed by atoms with van der Waals surface area (Å²) in [7, 11) is 0. The Morgan fingerprint density at radius 3 is 2.56 bits per heavy atom. The van der Waals surface area contributed by atoms with Gasteiger partial charge in [-0.3, -0.25) is 0 Å². The third-order valence-electron chi connectivity index (χ3n) is 2.94. The van der Waals surface area contributed by atoms with E-state index in [1.165, 1.54) is 30.7 Å². The Morgan fingerprint density at radius 2 is 1.69 bits per heavy atom. The molecule has 0 heterocycles. The molecule has 3 aromatic rings. The van der Waals surface area contributed by atoms with Crippen LogP contribution in [0.25, 0.3) is 21.5 Å². The molecule has 0 nitrogen and oxygen atoms in total. The number of hydrogen-bond acceptors (Lipinski definition) is 0. The second kappa shape index (κ2) is 3.74. The van der Waals surface area contributed by atoms with Crippen LogP contribution in [0.3, 0.4) is 0 Å². The van der Waals surface area contributed by atoms with Crippen LogP contribution in [-0.4, -0.2) is 0 Å².